The van der Waals surface area contributed by atoms with E-state index >= 15 is 0 Å². The van der Waals surface area contributed by atoms with Crippen LogP contribution in [0.1, 0.15) is 5.56 Å². The summed E-state index contributed by atoms with van der Waals surface area (Å²) in [6.07, 6.45) is 1.16. The summed E-state index contributed by atoms with van der Waals surface area (Å²) < 4.78 is 0. The van der Waals surface area contributed by atoms with E-state index in [0.29, 0.717) is 6.04 Å². The summed E-state index contributed by atoms with van der Waals surface area (Å²) in [7, 11) is 6.48. The van der Waals surface area contributed by atoms with E-state index in [9.17, 15) is 0 Å². The van der Waals surface area contributed by atoms with Gasteiger partial charge >= 0.3 is 0 Å². The van der Waals surface area contributed by atoms with Gasteiger partial charge in [-0.05, 0) is 39.2 Å². The van der Waals surface area contributed by atoms with Gasteiger partial charge in [-0.2, -0.15) is 0 Å². The van der Waals surface area contributed by atoms with Crippen LogP contribution in [0.4, 0.5) is 5.69 Å². The van der Waals surface area contributed by atoms with Crippen LogP contribution in [0.15, 0.2) is 24.3 Å². The number of para-hydroxylation sites is 1. The van der Waals surface area contributed by atoms with Crippen LogP contribution in [0.5, 0.6) is 0 Å². The van der Waals surface area contributed by atoms with Gasteiger partial charge in [-0.3, -0.25) is 0 Å². The molecule has 0 saturated carbocycles. The largest absolute Gasteiger partial charge is 0.383 e. The first kappa shape index (κ1) is 12.4. The van der Waals surface area contributed by atoms with Crippen molar-refractivity contribution in [2.75, 3.05) is 46.1 Å². The van der Waals surface area contributed by atoms with Gasteiger partial charge in [0.25, 0.3) is 0 Å². The minimum Gasteiger partial charge on any atom is -0.383 e. The Hall–Kier alpha value is -1.06. The van der Waals surface area contributed by atoms with Gasteiger partial charge in [0.05, 0.1) is 0 Å². The van der Waals surface area contributed by atoms with Crippen molar-refractivity contribution >= 4 is 5.69 Å². The SMILES string of the molecule is CN(C)CCN(C)C1CNc2ccccc2C1. The molecule has 1 aliphatic heterocycles. The standard InChI is InChI=1S/C14H23N3/c1-16(2)8-9-17(3)13-10-12-6-4-5-7-14(12)15-11-13/h4-7,13,15H,8-11H2,1-3H3. The van der Waals surface area contributed by atoms with Gasteiger partial charge in [0.2, 0.25) is 0 Å². The van der Waals surface area contributed by atoms with Gasteiger partial charge in [0, 0.05) is 31.4 Å². The van der Waals surface area contributed by atoms with E-state index in [1.54, 1.807) is 0 Å². The fourth-order valence-corrected chi connectivity index (χ4v) is 2.28. The number of nitrogens with one attached hydrogen (secondary N) is 1. The Morgan fingerprint density at radius 1 is 1.18 bits per heavy atom. The Kier molecular flexibility index (Phi) is 4.02. The monoisotopic (exact) mass is 233 g/mol. The van der Waals surface area contributed by atoms with Crippen molar-refractivity contribution in [3.63, 3.8) is 0 Å². The number of hydrogen-bond acceptors (Lipinski definition) is 3. The van der Waals surface area contributed by atoms with E-state index in [2.05, 4.69) is 60.5 Å². The van der Waals surface area contributed by atoms with Gasteiger partial charge < -0.3 is 15.1 Å². The van der Waals surface area contributed by atoms with E-state index in [4.69, 9.17) is 0 Å². The lowest BCUT2D eigenvalue weighted by molar-refractivity contribution is 0.220. The van der Waals surface area contributed by atoms with Gasteiger partial charge in [-0.25, -0.2) is 0 Å². The van der Waals surface area contributed by atoms with Gasteiger partial charge in [-0.15, -0.1) is 0 Å². The molecule has 1 unspecified atom stereocenters. The second kappa shape index (κ2) is 5.52. The summed E-state index contributed by atoms with van der Waals surface area (Å²) in [5.74, 6) is 0. The van der Waals surface area contributed by atoms with Crippen LogP contribution >= 0.6 is 0 Å². The number of rotatable bonds is 4. The predicted molar refractivity (Wildman–Crippen MR) is 73.6 cm³/mol. The Bertz CT molecular complexity index is 362. The summed E-state index contributed by atoms with van der Waals surface area (Å²) in [6.45, 7) is 3.30. The highest BCUT2D eigenvalue weighted by atomic mass is 15.2. The van der Waals surface area contributed by atoms with Crippen LogP contribution in [0.2, 0.25) is 0 Å². The first-order valence-corrected chi connectivity index (χ1v) is 6.33. The first-order valence-electron chi connectivity index (χ1n) is 6.33. The second-order valence-electron chi connectivity index (χ2n) is 5.18. The average molecular weight is 233 g/mol. The highest BCUT2D eigenvalue weighted by Crippen LogP contribution is 2.22. The van der Waals surface area contributed by atoms with Crippen LogP contribution in [-0.4, -0.2) is 56.6 Å². The molecule has 0 bridgehead atoms. The molecule has 3 nitrogen and oxygen atoms in total. The maximum atomic E-state index is 3.53. The lowest BCUT2D eigenvalue weighted by Crippen LogP contribution is -2.44. The molecule has 1 atom stereocenters. The van der Waals surface area contributed by atoms with Gasteiger partial charge in [0.15, 0.2) is 0 Å². The molecule has 0 aliphatic carbocycles. The molecule has 94 valence electrons. The number of anilines is 1. The van der Waals surface area contributed by atoms with Crippen LogP contribution in [0.3, 0.4) is 0 Å². The van der Waals surface area contributed by atoms with Gasteiger partial charge in [-0.1, -0.05) is 18.2 Å². The Morgan fingerprint density at radius 3 is 2.71 bits per heavy atom. The number of hydrogen-bond donors (Lipinski definition) is 1. The molecule has 0 aromatic heterocycles. The second-order valence-corrected chi connectivity index (χ2v) is 5.18. The van der Waals surface area contributed by atoms with Crippen molar-refractivity contribution in [1.82, 2.24) is 9.80 Å². The summed E-state index contributed by atoms with van der Waals surface area (Å²) in [5, 5.41) is 3.53. The zero-order valence-corrected chi connectivity index (χ0v) is 11.1. The lowest BCUT2D eigenvalue weighted by atomic mass is 9.99. The molecule has 0 spiro atoms. The Labute approximate surface area is 104 Å². The Morgan fingerprint density at radius 2 is 1.94 bits per heavy atom. The van der Waals surface area contributed by atoms with E-state index in [0.717, 1.165) is 26.1 Å². The summed E-state index contributed by atoms with van der Waals surface area (Å²) in [4.78, 5) is 4.70. The molecule has 0 amide bonds. The molecule has 1 aromatic carbocycles. The van der Waals surface area contributed by atoms with Crippen LogP contribution in [0, 0.1) is 0 Å². The fraction of sp³-hybridized carbons (Fsp3) is 0.571. The summed E-state index contributed by atoms with van der Waals surface area (Å²) in [5.41, 5.74) is 2.75. The number of fused-ring (bicyclic) bond motifs is 1. The molecule has 0 fully saturated rings. The van der Waals surface area contributed by atoms with E-state index in [1.165, 1.54) is 11.3 Å². The fourth-order valence-electron chi connectivity index (χ4n) is 2.28. The summed E-state index contributed by atoms with van der Waals surface area (Å²) >= 11 is 0. The predicted octanol–water partition coefficient (Wildman–Crippen LogP) is 1.52. The van der Waals surface area contributed by atoms with Crippen LogP contribution in [-0.2, 0) is 6.42 Å². The van der Waals surface area contributed by atoms with Crippen molar-refractivity contribution in [2.24, 2.45) is 0 Å². The van der Waals surface area contributed by atoms with Crippen LogP contribution < -0.4 is 5.32 Å². The molecule has 1 aromatic rings. The third kappa shape index (κ3) is 3.20. The smallest absolute Gasteiger partial charge is 0.0373 e. The molecule has 17 heavy (non-hydrogen) atoms. The average Bonchev–Trinajstić information content (AvgIpc) is 2.35. The molecule has 2 rings (SSSR count). The van der Waals surface area contributed by atoms with Crippen molar-refractivity contribution < 1.29 is 0 Å². The Balaban J connectivity index is 1.93. The molecule has 1 aliphatic rings. The minimum absolute atomic E-state index is 0.616. The molecule has 1 heterocycles. The molecular formula is C14H23N3. The van der Waals surface area contributed by atoms with Crippen molar-refractivity contribution in [2.45, 2.75) is 12.5 Å². The van der Waals surface area contributed by atoms with Gasteiger partial charge in [0.1, 0.15) is 0 Å². The van der Waals surface area contributed by atoms with E-state index in [-0.39, 0.29) is 0 Å². The molecule has 0 saturated heterocycles. The maximum Gasteiger partial charge on any atom is 0.0373 e. The molecule has 0 radical (unpaired) electrons. The normalized spacial score (nSPS) is 19.2. The maximum absolute atomic E-state index is 3.53. The number of benzene rings is 1. The van der Waals surface area contributed by atoms with Crippen molar-refractivity contribution in [3.8, 4) is 0 Å². The minimum atomic E-state index is 0.616. The number of likely N-dealkylation sites (N-methyl/N-ethyl adjacent to an activating group) is 2. The molecule has 1 N–H and O–H groups in total. The zero-order chi connectivity index (χ0) is 12.3. The lowest BCUT2D eigenvalue weighted by Gasteiger charge is -2.33. The van der Waals surface area contributed by atoms with Crippen molar-refractivity contribution in [3.05, 3.63) is 29.8 Å². The first-order chi connectivity index (χ1) is 8.16. The third-order valence-corrected chi connectivity index (χ3v) is 3.52. The number of nitrogens with zero attached hydrogens (tertiary/aromatic N) is 2. The summed E-state index contributed by atoms with van der Waals surface area (Å²) in [6, 6.07) is 9.24. The topological polar surface area (TPSA) is 18.5 Å². The zero-order valence-electron chi connectivity index (χ0n) is 11.1. The third-order valence-electron chi connectivity index (χ3n) is 3.52. The van der Waals surface area contributed by atoms with E-state index in [1.807, 2.05) is 0 Å². The highest BCUT2D eigenvalue weighted by Gasteiger charge is 2.20. The molecule has 3 heteroatoms. The quantitative estimate of drug-likeness (QED) is 0.850. The molecular weight excluding hydrogens is 210 g/mol. The van der Waals surface area contributed by atoms with Crippen molar-refractivity contribution in [1.29, 1.82) is 0 Å². The highest BCUT2D eigenvalue weighted by molar-refractivity contribution is 5.53. The van der Waals surface area contributed by atoms with Crippen LogP contribution in [0.25, 0.3) is 0 Å². The van der Waals surface area contributed by atoms with E-state index < -0.39 is 0 Å².